The standard InChI is InChI=1S/C25H28FN3O2/c1-17-14-19-6-4-5-7-22(19)29(17)16-24-21(12-13-31-24)25(30)27-15-23(28(2)3)18-8-10-20(26)11-9-18/h4-13,17,23H,14-16H2,1-3H3,(H,27,30). The van der Waals surface area contributed by atoms with Gasteiger partial charge in [0.25, 0.3) is 5.91 Å². The SMILES string of the molecule is CC1Cc2ccccc2N1Cc1occc1C(=O)NCC(c1ccc(F)cc1)N(C)C. The van der Waals surface area contributed by atoms with Crippen LogP contribution >= 0.6 is 0 Å². The lowest BCUT2D eigenvalue weighted by Gasteiger charge is -2.26. The lowest BCUT2D eigenvalue weighted by molar-refractivity contribution is 0.0940. The first-order chi connectivity index (χ1) is 14.9. The van der Waals surface area contributed by atoms with Crippen molar-refractivity contribution < 1.29 is 13.6 Å². The molecular weight excluding hydrogens is 393 g/mol. The van der Waals surface area contributed by atoms with Crippen molar-refractivity contribution in [3.05, 3.63) is 89.1 Å². The lowest BCUT2D eigenvalue weighted by Crippen LogP contribution is -2.35. The van der Waals surface area contributed by atoms with Crippen molar-refractivity contribution in [2.75, 3.05) is 25.5 Å². The third kappa shape index (κ3) is 4.49. The largest absolute Gasteiger partial charge is 0.467 e. The number of hydrogen-bond donors (Lipinski definition) is 1. The molecule has 2 aromatic carbocycles. The quantitative estimate of drug-likeness (QED) is 0.614. The second-order valence-electron chi connectivity index (χ2n) is 8.31. The van der Waals surface area contributed by atoms with Crippen LogP contribution in [-0.2, 0) is 13.0 Å². The Kier molecular flexibility index (Phi) is 6.09. The van der Waals surface area contributed by atoms with Crippen LogP contribution in [0.25, 0.3) is 0 Å². The van der Waals surface area contributed by atoms with E-state index in [1.165, 1.54) is 23.4 Å². The fourth-order valence-corrected chi connectivity index (χ4v) is 4.26. The average molecular weight is 422 g/mol. The summed E-state index contributed by atoms with van der Waals surface area (Å²) < 4.78 is 19.0. The molecule has 3 aromatic rings. The number of para-hydroxylation sites is 1. The molecule has 2 atom stereocenters. The van der Waals surface area contributed by atoms with Gasteiger partial charge in [0.05, 0.1) is 24.4 Å². The normalized spacial score (nSPS) is 16.4. The smallest absolute Gasteiger partial charge is 0.254 e. The molecule has 1 aliphatic heterocycles. The molecule has 1 amide bonds. The molecule has 5 nitrogen and oxygen atoms in total. The highest BCUT2D eigenvalue weighted by atomic mass is 19.1. The van der Waals surface area contributed by atoms with Gasteiger partial charge < -0.3 is 19.5 Å². The molecule has 1 aromatic heterocycles. The molecule has 0 spiro atoms. The first kappa shape index (κ1) is 21.1. The van der Waals surface area contributed by atoms with Gasteiger partial charge in [-0.05, 0) is 62.8 Å². The number of halogens is 1. The molecule has 0 radical (unpaired) electrons. The molecule has 2 unspecified atom stereocenters. The number of fused-ring (bicyclic) bond motifs is 1. The fourth-order valence-electron chi connectivity index (χ4n) is 4.26. The van der Waals surface area contributed by atoms with Gasteiger partial charge in [0.15, 0.2) is 0 Å². The number of carbonyl (C=O) groups is 1. The molecule has 0 aliphatic carbocycles. The van der Waals surface area contributed by atoms with Gasteiger partial charge in [0.2, 0.25) is 0 Å². The first-order valence-corrected chi connectivity index (χ1v) is 10.5. The highest BCUT2D eigenvalue weighted by molar-refractivity contribution is 5.95. The van der Waals surface area contributed by atoms with Crippen LogP contribution in [0.3, 0.4) is 0 Å². The first-order valence-electron chi connectivity index (χ1n) is 10.5. The zero-order valence-corrected chi connectivity index (χ0v) is 18.1. The maximum Gasteiger partial charge on any atom is 0.254 e. The van der Waals surface area contributed by atoms with Crippen LogP contribution in [0.5, 0.6) is 0 Å². The summed E-state index contributed by atoms with van der Waals surface area (Å²) >= 11 is 0. The van der Waals surface area contributed by atoms with Gasteiger partial charge >= 0.3 is 0 Å². The van der Waals surface area contributed by atoms with E-state index in [9.17, 15) is 9.18 Å². The predicted molar refractivity (Wildman–Crippen MR) is 120 cm³/mol. The van der Waals surface area contributed by atoms with Gasteiger partial charge in [0.1, 0.15) is 11.6 Å². The van der Waals surface area contributed by atoms with E-state index in [0.717, 1.165) is 12.0 Å². The van der Waals surface area contributed by atoms with Crippen molar-refractivity contribution in [3.63, 3.8) is 0 Å². The summed E-state index contributed by atoms with van der Waals surface area (Å²) in [6, 6.07) is 16.8. The number of amides is 1. The van der Waals surface area contributed by atoms with Gasteiger partial charge in [-0.25, -0.2) is 4.39 Å². The monoisotopic (exact) mass is 421 g/mol. The Hall–Kier alpha value is -3.12. The molecule has 6 heteroatoms. The summed E-state index contributed by atoms with van der Waals surface area (Å²) in [6.45, 7) is 3.14. The Morgan fingerprint density at radius 3 is 2.68 bits per heavy atom. The summed E-state index contributed by atoms with van der Waals surface area (Å²) in [5.41, 5.74) is 4.01. The predicted octanol–water partition coefficient (Wildman–Crippen LogP) is 4.40. The van der Waals surface area contributed by atoms with Crippen molar-refractivity contribution in [2.45, 2.75) is 32.0 Å². The highest BCUT2D eigenvalue weighted by Gasteiger charge is 2.28. The summed E-state index contributed by atoms with van der Waals surface area (Å²) in [4.78, 5) is 17.3. The van der Waals surface area contributed by atoms with Crippen LogP contribution < -0.4 is 10.2 Å². The van der Waals surface area contributed by atoms with Gasteiger partial charge in [-0.3, -0.25) is 4.79 Å². The van der Waals surface area contributed by atoms with Crippen LogP contribution in [0.4, 0.5) is 10.1 Å². The van der Waals surface area contributed by atoms with E-state index >= 15 is 0 Å². The molecule has 0 saturated heterocycles. The van der Waals surface area contributed by atoms with E-state index in [1.807, 2.05) is 25.1 Å². The maximum absolute atomic E-state index is 13.3. The zero-order chi connectivity index (χ0) is 22.0. The molecule has 4 rings (SSSR count). The Balaban J connectivity index is 1.46. The summed E-state index contributed by atoms with van der Waals surface area (Å²) in [7, 11) is 3.88. The van der Waals surface area contributed by atoms with E-state index in [-0.39, 0.29) is 17.8 Å². The second-order valence-corrected chi connectivity index (χ2v) is 8.31. The number of carbonyl (C=O) groups excluding carboxylic acids is 1. The van der Waals surface area contributed by atoms with Gasteiger partial charge in [0, 0.05) is 18.3 Å². The van der Waals surface area contributed by atoms with Crippen molar-refractivity contribution >= 4 is 11.6 Å². The third-order valence-electron chi connectivity index (χ3n) is 5.99. The number of rotatable bonds is 7. The van der Waals surface area contributed by atoms with Crippen molar-refractivity contribution in [3.8, 4) is 0 Å². The van der Waals surface area contributed by atoms with Crippen molar-refractivity contribution in [2.24, 2.45) is 0 Å². The van der Waals surface area contributed by atoms with E-state index in [4.69, 9.17) is 4.42 Å². The molecule has 0 saturated carbocycles. The number of nitrogens with one attached hydrogen (secondary N) is 1. The molecular formula is C25H28FN3O2. The number of likely N-dealkylation sites (N-methyl/N-ethyl adjacent to an activating group) is 1. The minimum atomic E-state index is -0.272. The molecule has 0 bridgehead atoms. The maximum atomic E-state index is 13.3. The topological polar surface area (TPSA) is 48.7 Å². The third-order valence-corrected chi connectivity index (χ3v) is 5.99. The fraction of sp³-hybridized carbons (Fsp3) is 0.320. The minimum absolute atomic E-state index is 0.0645. The van der Waals surface area contributed by atoms with Gasteiger partial charge in [-0.15, -0.1) is 0 Å². The minimum Gasteiger partial charge on any atom is -0.467 e. The highest BCUT2D eigenvalue weighted by Crippen LogP contribution is 2.33. The Morgan fingerprint density at radius 1 is 1.19 bits per heavy atom. The van der Waals surface area contributed by atoms with Crippen LogP contribution in [-0.4, -0.2) is 37.5 Å². The molecule has 162 valence electrons. The number of anilines is 1. The summed E-state index contributed by atoms with van der Waals surface area (Å²) in [5.74, 6) is 0.216. The zero-order valence-electron chi connectivity index (χ0n) is 18.1. The Labute approximate surface area is 182 Å². The van der Waals surface area contributed by atoms with E-state index < -0.39 is 0 Å². The Morgan fingerprint density at radius 2 is 1.94 bits per heavy atom. The number of benzene rings is 2. The number of hydrogen-bond acceptors (Lipinski definition) is 4. The number of nitrogens with zero attached hydrogens (tertiary/aromatic N) is 2. The van der Waals surface area contributed by atoms with Crippen LogP contribution in [0.1, 0.15) is 40.2 Å². The van der Waals surface area contributed by atoms with Crippen LogP contribution in [0.15, 0.2) is 65.3 Å². The van der Waals surface area contributed by atoms with E-state index in [1.54, 1.807) is 24.5 Å². The molecule has 1 aliphatic rings. The Bertz CT molecular complexity index is 1040. The van der Waals surface area contributed by atoms with E-state index in [0.29, 0.717) is 30.5 Å². The number of furan rings is 1. The average Bonchev–Trinajstić information content (AvgIpc) is 3.34. The van der Waals surface area contributed by atoms with Gasteiger partial charge in [-0.2, -0.15) is 0 Å². The summed E-state index contributed by atoms with van der Waals surface area (Å²) in [6.07, 6.45) is 2.56. The van der Waals surface area contributed by atoms with E-state index in [2.05, 4.69) is 35.3 Å². The lowest BCUT2D eigenvalue weighted by atomic mass is 10.1. The molecule has 31 heavy (non-hydrogen) atoms. The van der Waals surface area contributed by atoms with Crippen LogP contribution in [0.2, 0.25) is 0 Å². The molecule has 1 N–H and O–H groups in total. The molecule has 2 heterocycles. The van der Waals surface area contributed by atoms with Crippen LogP contribution in [0, 0.1) is 5.82 Å². The second kappa shape index (κ2) is 8.94. The summed E-state index contributed by atoms with van der Waals surface area (Å²) in [5, 5.41) is 3.02. The van der Waals surface area contributed by atoms with Gasteiger partial charge in [-0.1, -0.05) is 30.3 Å². The van der Waals surface area contributed by atoms with Crippen molar-refractivity contribution in [1.29, 1.82) is 0 Å². The molecule has 0 fully saturated rings. The van der Waals surface area contributed by atoms with Crippen molar-refractivity contribution in [1.82, 2.24) is 10.2 Å².